The zero-order chi connectivity index (χ0) is 14.9. The maximum atomic E-state index is 12.9. The molecule has 2 unspecified atom stereocenters. The molecule has 0 saturated carbocycles. The van der Waals surface area contributed by atoms with Gasteiger partial charge in [0.2, 0.25) is 10.0 Å². The van der Waals surface area contributed by atoms with Gasteiger partial charge in [-0.05, 0) is 49.8 Å². The van der Waals surface area contributed by atoms with Crippen LogP contribution in [0.3, 0.4) is 0 Å². The minimum Gasteiger partial charge on any atom is -0.399 e. The monoisotopic (exact) mass is 296 g/mol. The standard InChI is InChI=1S/C15H24N2O2S/c1-4-13-5-6-14(16)10-15(13)20(18,19)17-8-7-11(2)9-12(17)3/h5-6,10-12H,4,7-9,16H2,1-3H3. The molecule has 1 heterocycles. The van der Waals surface area contributed by atoms with Crippen LogP contribution in [0.4, 0.5) is 5.69 Å². The number of nitrogen functional groups attached to an aromatic ring is 1. The highest BCUT2D eigenvalue weighted by molar-refractivity contribution is 7.89. The summed E-state index contributed by atoms with van der Waals surface area (Å²) in [5, 5.41) is 0. The van der Waals surface area contributed by atoms with Crippen LogP contribution in [0.15, 0.2) is 23.1 Å². The molecule has 2 atom stereocenters. The van der Waals surface area contributed by atoms with Gasteiger partial charge in [0.05, 0.1) is 4.90 Å². The Morgan fingerprint density at radius 3 is 2.65 bits per heavy atom. The van der Waals surface area contributed by atoms with E-state index in [0.717, 1.165) is 18.4 Å². The Hall–Kier alpha value is -1.07. The second-order valence-corrected chi connectivity index (χ2v) is 7.67. The molecule has 2 rings (SSSR count). The van der Waals surface area contributed by atoms with E-state index in [1.807, 2.05) is 19.9 Å². The summed E-state index contributed by atoms with van der Waals surface area (Å²) in [6.07, 6.45) is 2.53. The highest BCUT2D eigenvalue weighted by atomic mass is 32.2. The van der Waals surface area contributed by atoms with Crippen molar-refractivity contribution in [1.29, 1.82) is 0 Å². The Kier molecular flexibility index (Phi) is 4.39. The molecule has 0 aromatic heterocycles. The Bertz CT molecular complexity index is 584. The molecule has 1 aromatic rings. The second kappa shape index (κ2) is 5.74. The molecule has 0 radical (unpaired) electrons. The highest BCUT2D eigenvalue weighted by Gasteiger charge is 2.34. The quantitative estimate of drug-likeness (QED) is 0.872. The Morgan fingerprint density at radius 1 is 1.35 bits per heavy atom. The summed E-state index contributed by atoms with van der Waals surface area (Å²) >= 11 is 0. The van der Waals surface area contributed by atoms with Crippen LogP contribution in [0.1, 0.15) is 39.2 Å². The fraction of sp³-hybridized carbons (Fsp3) is 0.600. The molecule has 1 aromatic carbocycles. The van der Waals surface area contributed by atoms with Gasteiger partial charge in [0.25, 0.3) is 0 Å². The van der Waals surface area contributed by atoms with Crippen LogP contribution >= 0.6 is 0 Å². The van der Waals surface area contributed by atoms with E-state index in [9.17, 15) is 8.42 Å². The van der Waals surface area contributed by atoms with Crippen molar-refractivity contribution in [2.24, 2.45) is 5.92 Å². The molecule has 112 valence electrons. The number of piperidine rings is 1. The third-order valence-corrected chi connectivity index (χ3v) is 6.23. The molecule has 1 saturated heterocycles. The molecular weight excluding hydrogens is 272 g/mol. The van der Waals surface area contributed by atoms with E-state index in [4.69, 9.17) is 5.73 Å². The van der Waals surface area contributed by atoms with E-state index >= 15 is 0 Å². The lowest BCUT2D eigenvalue weighted by Crippen LogP contribution is -2.44. The van der Waals surface area contributed by atoms with Crippen LogP contribution < -0.4 is 5.73 Å². The maximum absolute atomic E-state index is 12.9. The van der Waals surface area contributed by atoms with E-state index in [0.29, 0.717) is 29.5 Å². The zero-order valence-corrected chi connectivity index (χ0v) is 13.3. The van der Waals surface area contributed by atoms with Crippen LogP contribution in [0, 0.1) is 5.92 Å². The summed E-state index contributed by atoms with van der Waals surface area (Å²) in [4.78, 5) is 0.376. The molecule has 4 nitrogen and oxygen atoms in total. The van der Waals surface area contributed by atoms with Crippen molar-refractivity contribution in [2.45, 2.75) is 51.0 Å². The van der Waals surface area contributed by atoms with Gasteiger partial charge in [-0.2, -0.15) is 4.31 Å². The number of aryl methyl sites for hydroxylation is 1. The van der Waals surface area contributed by atoms with Crippen molar-refractivity contribution < 1.29 is 8.42 Å². The SMILES string of the molecule is CCc1ccc(N)cc1S(=O)(=O)N1CCC(C)CC1C. The van der Waals surface area contributed by atoms with Crippen molar-refractivity contribution in [3.05, 3.63) is 23.8 Å². The number of hydrogen-bond donors (Lipinski definition) is 1. The van der Waals surface area contributed by atoms with E-state index in [-0.39, 0.29) is 6.04 Å². The molecule has 20 heavy (non-hydrogen) atoms. The minimum absolute atomic E-state index is 0.0508. The van der Waals surface area contributed by atoms with Crippen molar-refractivity contribution in [3.63, 3.8) is 0 Å². The lowest BCUT2D eigenvalue weighted by molar-refractivity contribution is 0.220. The molecule has 2 N–H and O–H groups in total. The normalized spacial score (nSPS) is 24.8. The predicted molar refractivity (Wildman–Crippen MR) is 82.0 cm³/mol. The summed E-state index contributed by atoms with van der Waals surface area (Å²) in [6, 6.07) is 5.23. The lowest BCUT2D eigenvalue weighted by atomic mass is 9.95. The molecule has 1 aliphatic heterocycles. The van der Waals surface area contributed by atoms with Crippen molar-refractivity contribution >= 4 is 15.7 Å². The number of sulfonamides is 1. The fourth-order valence-electron chi connectivity index (χ4n) is 2.97. The third-order valence-electron chi connectivity index (χ3n) is 4.14. The van der Waals surface area contributed by atoms with E-state index in [1.54, 1.807) is 16.4 Å². The number of hydrogen-bond acceptors (Lipinski definition) is 3. The van der Waals surface area contributed by atoms with Gasteiger partial charge in [0, 0.05) is 18.3 Å². The smallest absolute Gasteiger partial charge is 0.243 e. The van der Waals surface area contributed by atoms with Gasteiger partial charge >= 0.3 is 0 Å². The van der Waals surface area contributed by atoms with Crippen LogP contribution in [0.25, 0.3) is 0 Å². The van der Waals surface area contributed by atoms with E-state index in [2.05, 4.69) is 6.92 Å². The summed E-state index contributed by atoms with van der Waals surface area (Å²) in [5.74, 6) is 0.586. The molecule has 0 spiro atoms. The molecule has 0 bridgehead atoms. The minimum atomic E-state index is -3.45. The number of anilines is 1. The number of benzene rings is 1. The van der Waals surface area contributed by atoms with Gasteiger partial charge in [0.1, 0.15) is 0 Å². The average molecular weight is 296 g/mol. The molecule has 1 fully saturated rings. The van der Waals surface area contributed by atoms with Crippen LogP contribution in [-0.4, -0.2) is 25.3 Å². The summed E-state index contributed by atoms with van der Waals surface area (Å²) in [7, 11) is -3.45. The first-order chi connectivity index (χ1) is 9.36. The number of nitrogens with two attached hydrogens (primary N) is 1. The Labute approximate surface area is 122 Å². The average Bonchev–Trinajstić information content (AvgIpc) is 2.38. The number of rotatable bonds is 3. The molecular formula is C15H24N2O2S. The maximum Gasteiger partial charge on any atom is 0.243 e. The molecule has 1 aliphatic rings. The van der Waals surface area contributed by atoms with E-state index in [1.165, 1.54) is 0 Å². The summed E-state index contributed by atoms with van der Waals surface area (Å²) < 4.78 is 27.5. The third kappa shape index (κ3) is 2.83. The summed E-state index contributed by atoms with van der Waals surface area (Å²) in [5.41, 5.74) is 7.12. The van der Waals surface area contributed by atoms with Crippen molar-refractivity contribution in [1.82, 2.24) is 4.31 Å². The fourth-order valence-corrected chi connectivity index (χ4v) is 4.96. The van der Waals surface area contributed by atoms with Gasteiger partial charge in [0.15, 0.2) is 0 Å². The van der Waals surface area contributed by atoms with E-state index < -0.39 is 10.0 Å². The summed E-state index contributed by atoms with van der Waals surface area (Å²) in [6.45, 7) is 6.73. The first-order valence-corrected chi connectivity index (χ1v) is 8.70. The van der Waals surface area contributed by atoms with Gasteiger partial charge in [-0.25, -0.2) is 8.42 Å². The first kappa shape index (κ1) is 15.3. The van der Waals surface area contributed by atoms with Gasteiger partial charge in [-0.3, -0.25) is 0 Å². The van der Waals surface area contributed by atoms with Gasteiger partial charge in [-0.15, -0.1) is 0 Å². The van der Waals surface area contributed by atoms with Gasteiger partial charge < -0.3 is 5.73 Å². The van der Waals surface area contributed by atoms with Gasteiger partial charge in [-0.1, -0.05) is 19.9 Å². The molecule has 0 aliphatic carbocycles. The van der Waals surface area contributed by atoms with Crippen LogP contribution in [0.2, 0.25) is 0 Å². The largest absolute Gasteiger partial charge is 0.399 e. The Morgan fingerprint density at radius 2 is 2.05 bits per heavy atom. The zero-order valence-electron chi connectivity index (χ0n) is 12.5. The lowest BCUT2D eigenvalue weighted by Gasteiger charge is -2.35. The predicted octanol–water partition coefficient (Wildman–Crippen LogP) is 2.64. The van der Waals surface area contributed by atoms with Crippen molar-refractivity contribution in [3.8, 4) is 0 Å². The number of nitrogens with zero attached hydrogens (tertiary/aromatic N) is 1. The Balaban J connectivity index is 2.42. The topological polar surface area (TPSA) is 63.4 Å². The molecule has 0 amide bonds. The van der Waals surface area contributed by atoms with Crippen molar-refractivity contribution in [2.75, 3.05) is 12.3 Å². The molecule has 5 heteroatoms. The second-order valence-electron chi connectivity index (χ2n) is 5.82. The van der Waals surface area contributed by atoms with Crippen LogP contribution in [-0.2, 0) is 16.4 Å². The first-order valence-electron chi connectivity index (χ1n) is 7.26. The van der Waals surface area contributed by atoms with Crippen LogP contribution in [0.5, 0.6) is 0 Å². The highest BCUT2D eigenvalue weighted by Crippen LogP contribution is 2.30.